The van der Waals surface area contributed by atoms with Gasteiger partial charge in [-0.25, -0.2) is 0 Å². The molecule has 102 valence electrons. The lowest BCUT2D eigenvalue weighted by molar-refractivity contribution is -0.124. The minimum atomic E-state index is 0.318. The summed E-state index contributed by atoms with van der Waals surface area (Å²) < 4.78 is 0. The van der Waals surface area contributed by atoms with Crippen LogP contribution < -0.4 is 5.73 Å². The molecule has 2 aliphatic rings. The minimum Gasteiger partial charge on any atom is -0.399 e. The van der Waals surface area contributed by atoms with Crippen molar-refractivity contribution in [3.8, 4) is 0 Å². The van der Waals surface area contributed by atoms with Crippen molar-refractivity contribution in [2.24, 2.45) is 11.7 Å². The van der Waals surface area contributed by atoms with Gasteiger partial charge in [0.05, 0.1) is 0 Å². The third-order valence-electron chi connectivity index (χ3n) is 4.46. The molecule has 0 amide bonds. The van der Waals surface area contributed by atoms with E-state index in [2.05, 4.69) is 6.58 Å². The molecule has 0 saturated heterocycles. The van der Waals surface area contributed by atoms with E-state index in [1.807, 2.05) is 11.3 Å². The van der Waals surface area contributed by atoms with Gasteiger partial charge in [-0.1, -0.05) is 13.0 Å². The maximum Gasteiger partial charge on any atom is 0.141 e. The number of aryl methyl sites for hydroxylation is 1. The first-order chi connectivity index (χ1) is 9.16. The van der Waals surface area contributed by atoms with Crippen LogP contribution in [0, 0.1) is 5.92 Å². The average molecular weight is 275 g/mol. The Morgan fingerprint density at radius 3 is 2.63 bits per heavy atom. The number of hydrogen-bond acceptors (Lipinski definition) is 3. The summed E-state index contributed by atoms with van der Waals surface area (Å²) >= 11 is 1.81. The summed E-state index contributed by atoms with van der Waals surface area (Å²) in [7, 11) is 0. The number of fused-ring (bicyclic) bond motifs is 1. The zero-order valence-electron chi connectivity index (χ0n) is 11.3. The van der Waals surface area contributed by atoms with E-state index >= 15 is 0 Å². The number of nitrogens with two attached hydrogens (primary N) is 1. The molecular weight excluding hydrogens is 254 g/mol. The SMILES string of the molecule is C=C(N)c1c(CC(=O)C2CCC2)sc2c1CCCC2. The summed E-state index contributed by atoms with van der Waals surface area (Å²) in [6, 6.07) is 0. The molecule has 0 spiro atoms. The molecule has 1 saturated carbocycles. The van der Waals surface area contributed by atoms with Gasteiger partial charge in [0, 0.05) is 33.4 Å². The molecule has 2 nitrogen and oxygen atoms in total. The third kappa shape index (κ3) is 2.36. The Bertz CT molecular complexity index is 525. The van der Waals surface area contributed by atoms with Crippen LogP contribution in [-0.4, -0.2) is 5.78 Å². The predicted octanol–water partition coefficient (Wildman–Crippen LogP) is 3.47. The van der Waals surface area contributed by atoms with Crippen molar-refractivity contribution >= 4 is 22.8 Å². The number of ketones is 1. The van der Waals surface area contributed by atoms with Gasteiger partial charge in [-0.3, -0.25) is 4.79 Å². The summed E-state index contributed by atoms with van der Waals surface area (Å²) in [5.74, 6) is 0.727. The Kier molecular flexibility index (Phi) is 3.48. The molecule has 0 radical (unpaired) electrons. The number of hydrogen-bond donors (Lipinski definition) is 1. The van der Waals surface area contributed by atoms with Gasteiger partial charge < -0.3 is 5.73 Å². The van der Waals surface area contributed by atoms with Crippen LogP contribution in [0.3, 0.4) is 0 Å². The third-order valence-corrected chi connectivity index (χ3v) is 5.75. The molecule has 19 heavy (non-hydrogen) atoms. The molecular formula is C16H21NOS. The van der Waals surface area contributed by atoms with Crippen molar-refractivity contribution in [3.63, 3.8) is 0 Å². The number of thiophene rings is 1. The van der Waals surface area contributed by atoms with E-state index in [0.29, 0.717) is 23.8 Å². The van der Waals surface area contributed by atoms with Crippen LogP contribution in [0.15, 0.2) is 6.58 Å². The largest absolute Gasteiger partial charge is 0.399 e. The van der Waals surface area contributed by atoms with Crippen LogP contribution >= 0.6 is 11.3 Å². The van der Waals surface area contributed by atoms with E-state index < -0.39 is 0 Å². The van der Waals surface area contributed by atoms with E-state index in [1.54, 1.807) is 0 Å². The lowest BCUT2D eigenvalue weighted by Gasteiger charge is -2.23. The quantitative estimate of drug-likeness (QED) is 0.914. The Labute approximate surface area is 118 Å². The van der Waals surface area contributed by atoms with E-state index in [0.717, 1.165) is 31.2 Å². The lowest BCUT2D eigenvalue weighted by Crippen LogP contribution is -2.23. The number of carbonyl (C=O) groups is 1. The van der Waals surface area contributed by atoms with E-state index in [9.17, 15) is 4.79 Å². The van der Waals surface area contributed by atoms with Crippen molar-refractivity contribution in [1.29, 1.82) is 0 Å². The van der Waals surface area contributed by atoms with Crippen molar-refractivity contribution in [3.05, 3.63) is 27.5 Å². The molecule has 0 aliphatic heterocycles. The summed E-state index contributed by atoms with van der Waals surface area (Å²) in [6.45, 7) is 3.93. The normalized spacial score (nSPS) is 18.7. The molecule has 0 bridgehead atoms. The Morgan fingerprint density at radius 2 is 2.00 bits per heavy atom. The lowest BCUT2D eigenvalue weighted by atomic mass is 9.80. The number of carbonyl (C=O) groups excluding carboxylic acids is 1. The van der Waals surface area contributed by atoms with Crippen molar-refractivity contribution in [2.75, 3.05) is 0 Å². The zero-order valence-corrected chi connectivity index (χ0v) is 12.2. The molecule has 0 unspecified atom stereocenters. The highest BCUT2D eigenvalue weighted by molar-refractivity contribution is 7.12. The standard InChI is InChI=1S/C16H21NOS/c1-10(17)16-12-7-2-3-8-14(12)19-15(16)9-13(18)11-5-4-6-11/h11H,1-9,17H2. The van der Waals surface area contributed by atoms with Crippen LogP contribution in [0.1, 0.15) is 53.0 Å². The van der Waals surface area contributed by atoms with Crippen molar-refractivity contribution in [1.82, 2.24) is 0 Å². The van der Waals surface area contributed by atoms with E-state index in [-0.39, 0.29) is 0 Å². The van der Waals surface area contributed by atoms with Gasteiger partial charge in [0.2, 0.25) is 0 Å². The van der Waals surface area contributed by atoms with Gasteiger partial charge >= 0.3 is 0 Å². The highest BCUT2D eigenvalue weighted by Gasteiger charge is 2.28. The van der Waals surface area contributed by atoms with Crippen LogP contribution in [0.4, 0.5) is 0 Å². The molecule has 2 aliphatic carbocycles. The summed E-state index contributed by atoms with van der Waals surface area (Å²) in [4.78, 5) is 14.8. The van der Waals surface area contributed by atoms with Crippen LogP contribution in [-0.2, 0) is 24.1 Å². The predicted molar refractivity (Wildman–Crippen MR) is 80.2 cm³/mol. The summed E-state index contributed by atoms with van der Waals surface area (Å²) in [6.07, 6.45) is 8.72. The second-order valence-electron chi connectivity index (χ2n) is 5.81. The zero-order chi connectivity index (χ0) is 13.4. The molecule has 1 fully saturated rings. The number of rotatable bonds is 4. The second kappa shape index (κ2) is 5.12. The van der Waals surface area contributed by atoms with Crippen LogP contribution in [0.5, 0.6) is 0 Å². The molecule has 3 rings (SSSR count). The fourth-order valence-electron chi connectivity index (χ4n) is 3.15. The van der Waals surface area contributed by atoms with E-state index in [1.165, 1.54) is 34.6 Å². The first kappa shape index (κ1) is 12.9. The van der Waals surface area contributed by atoms with Gasteiger partial charge in [0.25, 0.3) is 0 Å². The fourth-order valence-corrected chi connectivity index (χ4v) is 4.59. The smallest absolute Gasteiger partial charge is 0.141 e. The topological polar surface area (TPSA) is 43.1 Å². The molecule has 0 aromatic carbocycles. The monoisotopic (exact) mass is 275 g/mol. The number of Topliss-reactive ketones (excluding diaryl/α,β-unsaturated/α-hetero) is 1. The van der Waals surface area contributed by atoms with Gasteiger partial charge in [-0.05, 0) is 44.1 Å². The maximum atomic E-state index is 12.2. The summed E-state index contributed by atoms with van der Waals surface area (Å²) in [5.41, 5.74) is 9.14. The Morgan fingerprint density at radius 1 is 1.26 bits per heavy atom. The van der Waals surface area contributed by atoms with Gasteiger partial charge in [0.15, 0.2) is 0 Å². The van der Waals surface area contributed by atoms with Gasteiger partial charge in [-0.2, -0.15) is 0 Å². The summed E-state index contributed by atoms with van der Waals surface area (Å²) in [5, 5.41) is 0. The molecule has 1 heterocycles. The van der Waals surface area contributed by atoms with Gasteiger partial charge in [0.1, 0.15) is 5.78 Å². The molecule has 0 atom stereocenters. The molecule has 1 aromatic rings. The highest BCUT2D eigenvalue weighted by atomic mass is 32.1. The van der Waals surface area contributed by atoms with E-state index in [4.69, 9.17) is 5.73 Å². The van der Waals surface area contributed by atoms with Crippen LogP contribution in [0.2, 0.25) is 0 Å². The fraction of sp³-hybridized carbons (Fsp3) is 0.562. The minimum absolute atomic E-state index is 0.318. The first-order valence-corrected chi connectivity index (χ1v) is 8.09. The highest BCUT2D eigenvalue weighted by Crippen LogP contribution is 2.38. The Hall–Kier alpha value is -1.09. The molecule has 3 heteroatoms. The van der Waals surface area contributed by atoms with Crippen molar-refractivity contribution in [2.45, 2.75) is 51.4 Å². The molecule has 2 N–H and O–H groups in total. The van der Waals surface area contributed by atoms with Crippen LogP contribution in [0.25, 0.3) is 5.70 Å². The van der Waals surface area contributed by atoms with Crippen molar-refractivity contribution < 1.29 is 4.79 Å². The second-order valence-corrected chi connectivity index (χ2v) is 6.99. The maximum absolute atomic E-state index is 12.2. The average Bonchev–Trinajstić information content (AvgIpc) is 2.63. The van der Waals surface area contributed by atoms with Gasteiger partial charge in [-0.15, -0.1) is 11.3 Å². The Balaban J connectivity index is 1.89. The first-order valence-electron chi connectivity index (χ1n) is 7.27. The molecule has 1 aromatic heterocycles.